The van der Waals surface area contributed by atoms with E-state index in [4.69, 9.17) is 9.47 Å². The summed E-state index contributed by atoms with van der Waals surface area (Å²) in [6, 6.07) is 15.0. The van der Waals surface area contributed by atoms with Gasteiger partial charge in [0, 0.05) is 12.1 Å². The van der Waals surface area contributed by atoms with Crippen molar-refractivity contribution in [2.75, 3.05) is 18.5 Å². The maximum atomic E-state index is 12.1. The second-order valence-electron chi connectivity index (χ2n) is 4.76. The van der Waals surface area contributed by atoms with E-state index in [0.717, 1.165) is 5.56 Å². The number of hydrogen-bond donors (Lipinski definition) is 1. The van der Waals surface area contributed by atoms with Crippen LogP contribution in [0.3, 0.4) is 0 Å². The standard InChI is InChI=1S/C19H21NO3/c1-3-22-16-11-12-18(23-4-2)17(14-16)20-19(21)13-10-15-8-6-5-7-9-15/h5-14H,3-4H2,1-2H3,(H,20,21)/b13-10+. The van der Waals surface area contributed by atoms with Crippen LogP contribution < -0.4 is 14.8 Å². The molecule has 0 atom stereocenters. The Balaban J connectivity index is 2.11. The lowest BCUT2D eigenvalue weighted by molar-refractivity contribution is -0.111. The number of anilines is 1. The molecule has 2 rings (SSSR count). The van der Waals surface area contributed by atoms with E-state index in [2.05, 4.69) is 5.32 Å². The van der Waals surface area contributed by atoms with Gasteiger partial charge in [0.2, 0.25) is 5.91 Å². The van der Waals surface area contributed by atoms with Gasteiger partial charge in [-0.2, -0.15) is 0 Å². The first-order chi connectivity index (χ1) is 11.2. The minimum Gasteiger partial charge on any atom is -0.494 e. The maximum Gasteiger partial charge on any atom is 0.248 e. The van der Waals surface area contributed by atoms with Crippen molar-refractivity contribution in [1.82, 2.24) is 0 Å². The fourth-order valence-electron chi connectivity index (χ4n) is 2.06. The first kappa shape index (κ1) is 16.6. The van der Waals surface area contributed by atoms with Crippen LogP contribution in [-0.2, 0) is 4.79 Å². The molecule has 0 saturated heterocycles. The molecule has 4 nitrogen and oxygen atoms in total. The van der Waals surface area contributed by atoms with Gasteiger partial charge in [0.1, 0.15) is 11.5 Å². The van der Waals surface area contributed by atoms with Crippen LogP contribution in [0.4, 0.5) is 5.69 Å². The molecule has 4 heteroatoms. The summed E-state index contributed by atoms with van der Waals surface area (Å²) in [6.07, 6.45) is 3.26. The Labute approximate surface area is 136 Å². The van der Waals surface area contributed by atoms with Crippen molar-refractivity contribution < 1.29 is 14.3 Å². The fraction of sp³-hybridized carbons (Fsp3) is 0.211. The Morgan fingerprint density at radius 1 is 1.04 bits per heavy atom. The molecule has 2 aromatic carbocycles. The summed E-state index contributed by atoms with van der Waals surface area (Å²) >= 11 is 0. The highest BCUT2D eigenvalue weighted by molar-refractivity contribution is 6.02. The number of carbonyl (C=O) groups excluding carboxylic acids is 1. The largest absolute Gasteiger partial charge is 0.494 e. The van der Waals surface area contributed by atoms with Gasteiger partial charge in [0.05, 0.1) is 18.9 Å². The van der Waals surface area contributed by atoms with Crippen LogP contribution in [0.1, 0.15) is 19.4 Å². The van der Waals surface area contributed by atoms with Gasteiger partial charge in [0.25, 0.3) is 0 Å². The third-order valence-electron chi connectivity index (χ3n) is 3.05. The lowest BCUT2D eigenvalue weighted by atomic mass is 10.2. The molecule has 0 aliphatic heterocycles. The SMILES string of the molecule is CCOc1ccc(OCC)c(NC(=O)/C=C/c2ccccc2)c1. The molecule has 0 unspecified atom stereocenters. The zero-order valence-electron chi connectivity index (χ0n) is 13.4. The Morgan fingerprint density at radius 3 is 2.48 bits per heavy atom. The number of hydrogen-bond acceptors (Lipinski definition) is 3. The third kappa shape index (κ3) is 5.18. The molecule has 1 N–H and O–H groups in total. The summed E-state index contributed by atoms with van der Waals surface area (Å²) in [7, 11) is 0. The zero-order valence-corrected chi connectivity index (χ0v) is 13.4. The van der Waals surface area contributed by atoms with Gasteiger partial charge in [-0.05, 0) is 37.6 Å². The van der Waals surface area contributed by atoms with Crippen LogP contribution in [0.25, 0.3) is 6.08 Å². The fourth-order valence-corrected chi connectivity index (χ4v) is 2.06. The highest BCUT2D eigenvalue weighted by Crippen LogP contribution is 2.29. The molecule has 1 amide bonds. The molecule has 23 heavy (non-hydrogen) atoms. The van der Waals surface area contributed by atoms with Gasteiger partial charge in [-0.1, -0.05) is 30.3 Å². The molecule has 0 bridgehead atoms. The number of carbonyl (C=O) groups is 1. The van der Waals surface area contributed by atoms with Crippen molar-refractivity contribution in [3.05, 3.63) is 60.2 Å². The van der Waals surface area contributed by atoms with E-state index in [1.54, 1.807) is 18.2 Å². The zero-order chi connectivity index (χ0) is 16.5. The number of ether oxygens (including phenoxy) is 2. The number of amides is 1. The van der Waals surface area contributed by atoms with Crippen LogP contribution >= 0.6 is 0 Å². The Kier molecular flexibility index (Phi) is 6.24. The van der Waals surface area contributed by atoms with E-state index in [1.807, 2.05) is 50.2 Å². The Bertz CT molecular complexity index is 666. The monoisotopic (exact) mass is 311 g/mol. The average Bonchev–Trinajstić information content (AvgIpc) is 2.57. The van der Waals surface area contributed by atoms with Crippen LogP contribution in [0.15, 0.2) is 54.6 Å². The molecule has 120 valence electrons. The van der Waals surface area contributed by atoms with Gasteiger partial charge in [-0.3, -0.25) is 4.79 Å². The number of benzene rings is 2. The van der Waals surface area contributed by atoms with Crippen molar-refractivity contribution >= 4 is 17.7 Å². The van der Waals surface area contributed by atoms with Gasteiger partial charge in [-0.25, -0.2) is 0 Å². The first-order valence-corrected chi connectivity index (χ1v) is 7.66. The van der Waals surface area contributed by atoms with E-state index >= 15 is 0 Å². The van der Waals surface area contributed by atoms with Gasteiger partial charge in [-0.15, -0.1) is 0 Å². The summed E-state index contributed by atoms with van der Waals surface area (Å²) in [5.74, 6) is 1.10. The number of rotatable bonds is 7. The van der Waals surface area contributed by atoms with Gasteiger partial charge >= 0.3 is 0 Å². The smallest absolute Gasteiger partial charge is 0.248 e. The van der Waals surface area contributed by atoms with Crippen molar-refractivity contribution in [2.24, 2.45) is 0 Å². The minimum atomic E-state index is -0.219. The molecular weight excluding hydrogens is 290 g/mol. The van der Waals surface area contributed by atoms with Gasteiger partial charge < -0.3 is 14.8 Å². The molecule has 0 aliphatic rings. The van der Waals surface area contributed by atoms with E-state index in [0.29, 0.717) is 30.4 Å². The summed E-state index contributed by atoms with van der Waals surface area (Å²) in [4.78, 5) is 12.1. The number of nitrogens with one attached hydrogen (secondary N) is 1. The molecule has 0 spiro atoms. The highest BCUT2D eigenvalue weighted by Gasteiger charge is 2.08. The Morgan fingerprint density at radius 2 is 1.78 bits per heavy atom. The molecule has 0 aromatic heterocycles. The van der Waals surface area contributed by atoms with E-state index in [9.17, 15) is 4.79 Å². The van der Waals surface area contributed by atoms with Crippen molar-refractivity contribution in [3.63, 3.8) is 0 Å². The quantitative estimate of drug-likeness (QED) is 0.782. The predicted molar refractivity (Wildman–Crippen MR) is 92.9 cm³/mol. The average molecular weight is 311 g/mol. The van der Waals surface area contributed by atoms with E-state index in [-0.39, 0.29) is 5.91 Å². The maximum absolute atomic E-state index is 12.1. The van der Waals surface area contributed by atoms with Crippen molar-refractivity contribution in [2.45, 2.75) is 13.8 Å². The van der Waals surface area contributed by atoms with E-state index in [1.165, 1.54) is 6.08 Å². The van der Waals surface area contributed by atoms with Crippen LogP contribution in [0.2, 0.25) is 0 Å². The summed E-state index contributed by atoms with van der Waals surface area (Å²) < 4.78 is 11.0. The van der Waals surface area contributed by atoms with Crippen LogP contribution in [0, 0.1) is 0 Å². The normalized spacial score (nSPS) is 10.5. The Hall–Kier alpha value is -2.75. The molecule has 0 fully saturated rings. The van der Waals surface area contributed by atoms with Crippen molar-refractivity contribution in [3.8, 4) is 11.5 Å². The molecule has 2 aromatic rings. The first-order valence-electron chi connectivity index (χ1n) is 7.66. The van der Waals surface area contributed by atoms with E-state index < -0.39 is 0 Å². The molecule has 0 radical (unpaired) electrons. The van der Waals surface area contributed by atoms with Crippen LogP contribution in [-0.4, -0.2) is 19.1 Å². The highest BCUT2D eigenvalue weighted by atomic mass is 16.5. The summed E-state index contributed by atoms with van der Waals surface area (Å²) in [5, 5.41) is 2.83. The lowest BCUT2D eigenvalue weighted by Gasteiger charge is -2.12. The molecule has 0 aliphatic carbocycles. The topological polar surface area (TPSA) is 47.6 Å². The third-order valence-corrected chi connectivity index (χ3v) is 3.05. The lowest BCUT2D eigenvalue weighted by Crippen LogP contribution is -2.10. The van der Waals surface area contributed by atoms with Crippen molar-refractivity contribution in [1.29, 1.82) is 0 Å². The van der Waals surface area contributed by atoms with Gasteiger partial charge in [0.15, 0.2) is 0 Å². The summed E-state index contributed by atoms with van der Waals surface area (Å²) in [5.41, 5.74) is 1.57. The summed E-state index contributed by atoms with van der Waals surface area (Å²) in [6.45, 7) is 4.90. The molecule has 0 heterocycles. The predicted octanol–water partition coefficient (Wildman–Crippen LogP) is 4.14. The molecular formula is C19H21NO3. The van der Waals surface area contributed by atoms with Crippen LogP contribution in [0.5, 0.6) is 11.5 Å². The minimum absolute atomic E-state index is 0.219. The second kappa shape index (κ2) is 8.63. The second-order valence-corrected chi connectivity index (χ2v) is 4.76. The molecule has 0 saturated carbocycles.